The van der Waals surface area contributed by atoms with Crippen molar-refractivity contribution in [1.29, 1.82) is 5.26 Å². The van der Waals surface area contributed by atoms with Crippen molar-refractivity contribution >= 4 is 35.7 Å². The second kappa shape index (κ2) is 9.71. The first-order chi connectivity index (χ1) is 16.6. The van der Waals surface area contributed by atoms with E-state index in [1.807, 2.05) is 18.2 Å². The molecule has 0 bridgehead atoms. The second-order valence-electron chi connectivity index (χ2n) is 8.51. The molecule has 0 N–H and O–H groups in total. The number of nitrogens with zero attached hydrogens (tertiary/aromatic N) is 3. The van der Waals surface area contributed by atoms with Gasteiger partial charge in [0.15, 0.2) is 0 Å². The van der Waals surface area contributed by atoms with Crippen LogP contribution in [-0.4, -0.2) is 43.1 Å². The number of nitriles is 1. The van der Waals surface area contributed by atoms with Crippen LogP contribution in [0.25, 0.3) is 10.9 Å². The highest BCUT2D eigenvalue weighted by Gasteiger charge is 2.31. The van der Waals surface area contributed by atoms with Gasteiger partial charge in [0.05, 0.1) is 11.2 Å². The third kappa shape index (κ3) is 5.18. The van der Waals surface area contributed by atoms with Crippen LogP contribution in [0, 0.1) is 11.3 Å². The Kier molecular flexibility index (Phi) is 6.86. The van der Waals surface area contributed by atoms with Crippen molar-refractivity contribution in [3.05, 3.63) is 58.4 Å². The molecule has 1 aliphatic heterocycles. The van der Waals surface area contributed by atoms with E-state index in [4.69, 9.17) is 4.74 Å². The number of halogens is 3. The van der Waals surface area contributed by atoms with Gasteiger partial charge >= 0.3 is 6.36 Å². The summed E-state index contributed by atoms with van der Waals surface area (Å²) in [6, 6.07) is 13.3. The SMILES string of the molecule is C=[PH](C)c1cccc2c(N3CCC(Oc4ccc(OC(F)(F)F)cc4)CC3)c(C#N)c(=O)n(C)c12. The highest BCUT2D eigenvalue weighted by Crippen LogP contribution is 2.33. The van der Waals surface area contributed by atoms with Gasteiger partial charge in [0.25, 0.3) is 5.56 Å². The number of ether oxygens (including phenoxy) is 2. The van der Waals surface area contributed by atoms with Gasteiger partial charge in [0.1, 0.15) is 29.2 Å². The second-order valence-corrected chi connectivity index (χ2v) is 10.6. The molecule has 184 valence electrons. The van der Waals surface area contributed by atoms with Crippen molar-refractivity contribution in [2.45, 2.75) is 25.3 Å². The third-order valence-electron chi connectivity index (χ3n) is 6.07. The molecule has 2 heterocycles. The number of anilines is 1. The molecule has 0 amide bonds. The zero-order valence-corrected chi connectivity index (χ0v) is 20.4. The molecule has 1 unspecified atom stereocenters. The number of alkyl halides is 3. The van der Waals surface area contributed by atoms with Gasteiger partial charge in [-0.25, -0.2) is 0 Å². The first kappa shape index (κ1) is 24.7. The molecule has 0 spiro atoms. The molecule has 4 rings (SSSR count). The Morgan fingerprint density at radius 3 is 2.31 bits per heavy atom. The quantitative estimate of drug-likeness (QED) is 0.487. The lowest BCUT2D eigenvalue weighted by molar-refractivity contribution is -0.274. The monoisotopic (exact) mass is 503 g/mol. The number of hydrogen-bond donors (Lipinski definition) is 0. The average molecular weight is 503 g/mol. The first-order valence-electron chi connectivity index (χ1n) is 11.1. The van der Waals surface area contributed by atoms with Gasteiger partial charge in [0.2, 0.25) is 0 Å². The molecule has 0 aliphatic carbocycles. The van der Waals surface area contributed by atoms with E-state index < -0.39 is 13.9 Å². The molecule has 3 aromatic rings. The number of hydrogen-bond acceptors (Lipinski definition) is 5. The maximum absolute atomic E-state index is 13.1. The molecule has 35 heavy (non-hydrogen) atoms. The fraction of sp³-hybridized carbons (Fsp3) is 0.320. The van der Waals surface area contributed by atoms with E-state index in [0.29, 0.717) is 37.4 Å². The number of fused-ring (bicyclic) bond motifs is 1. The maximum Gasteiger partial charge on any atom is 0.573 e. The molecule has 10 heteroatoms. The van der Waals surface area contributed by atoms with Gasteiger partial charge in [-0.05, 0) is 36.2 Å². The fourth-order valence-electron chi connectivity index (χ4n) is 4.48. The van der Waals surface area contributed by atoms with E-state index >= 15 is 0 Å². The molecule has 2 aromatic carbocycles. The van der Waals surface area contributed by atoms with E-state index in [1.54, 1.807) is 11.6 Å². The largest absolute Gasteiger partial charge is 0.573 e. The minimum Gasteiger partial charge on any atom is -0.490 e. The summed E-state index contributed by atoms with van der Waals surface area (Å²) in [7, 11) is 0.589. The molecule has 1 aromatic heterocycles. The summed E-state index contributed by atoms with van der Waals surface area (Å²) in [5.74, 6) is 0.145. The lowest BCUT2D eigenvalue weighted by Crippen LogP contribution is -2.40. The number of piperidine rings is 1. The lowest BCUT2D eigenvalue weighted by Gasteiger charge is -2.35. The summed E-state index contributed by atoms with van der Waals surface area (Å²) >= 11 is 0. The number of pyridine rings is 1. The predicted octanol–water partition coefficient (Wildman–Crippen LogP) is 4.26. The van der Waals surface area contributed by atoms with E-state index in [2.05, 4.69) is 28.7 Å². The summed E-state index contributed by atoms with van der Waals surface area (Å²) in [4.78, 5) is 15.1. The fourth-order valence-corrected chi connectivity index (χ4v) is 5.57. The maximum atomic E-state index is 13.1. The molecule has 1 saturated heterocycles. The highest BCUT2D eigenvalue weighted by atomic mass is 31.1. The van der Waals surface area contributed by atoms with Gasteiger partial charge in [-0.3, -0.25) is 4.79 Å². The van der Waals surface area contributed by atoms with Crippen molar-refractivity contribution in [2.75, 3.05) is 24.7 Å². The zero-order chi connectivity index (χ0) is 25.3. The topological polar surface area (TPSA) is 67.5 Å². The van der Waals surface area contributed by atoms with Crippen LogP contribution in [-0.2, 0) is 7.05 Å². The summed E-state index contributed by atoms with van der Waals surface area (Å²) in [6.07, 6.45) is 0.575. The molecule has 0 radical (unpaired) electrons. The molecule has 1 atom stereocenters. The van der Waals surface area contributed by atoms with Crippen molar-refractivity contribution in [3.8, 4) is 17.6 Å². The third-order valence-corrected chi connectivity index (χ3v) is 7.39. The number of benzene rings is 2. The van der Waals surface area contributed by atoms with Crippen LogP contribution < -0.4 is 25.2 Å². The summed E-state index contributed by atoms with van der Waals surface area (Å²) in [5, 5.41) is 11.7. The number of rotatable bonds is 5. The van der Waals surface area contributed by atoms with E-state index in [0.717, 1.165) is 16.2 Å². The van der Waals surface area contributed by atoms with Gasteiger partial charge < -0.3 is 18.9 Å². The standard InChI is InChI=1S/C25H25F3N3O3P/c1-30-23-19(5-4-6-21(23)35(2)3)22(20(15-29)24(30)32)31-13-11-17(12-14-31)33-16-7-9-18(10-8-16)34-25(26,27)28/h4-10,17,35H,2,11-14H2,1,3H3. The molecule has 0 saturated carbocycles. The van der Waals surface area contributed by atoms with Crippen molar-refractivity contribution < 1.29 is 22.6 Å². The predicted molar refractivity (Wildman–Crippen MR) is 134 cm³/mol. The van der Waals surface area contributed by atoms with Crippen LogP contribution >= 0.6 is 7.55 Å². The number of aryl methyl sites for hydroxylation is 1. The summed E-state index contributed by atoms with van der Waals surface area (Å²) in [6.45, 7) is 3.19. The minimum absolute atomic E-state index is 0.116. The summed E-state index contributed by atoms with van der Waals surface area (Å²) in [5.41, 5.74) is 1.25. The highest BCUT2D eigenvalue weighted by molar-refractivity contribution is 7.63. The van der Waals surface area contributed by atoms with Crippen LogP contribution in [0.3, 0.4) is 0 Å². The van der Waals surface area contributed by atoms with Gasteiger partial charge in [-0.15, -0.1) is 13.2 Å². The lowest BCUT2D eigenvalue weighted by atomic mass is 10.0. The van der Waals surface area contributed by atoms with Crippen LogP contribution in [0.1, 0.15) is 18.4 Å². The Morgan fingerprint density at radius 2 is 1.74 bits per heavy atom. The van der Waals surface area contributed by atoms with Crippen LogP contribution in [0.4, 0.5) is 18.9 Å². The Labute approximate surface area is 201 Å². The van der Waals surface area contributed by atoms with Crippen molar-refractivity contribution in [2.24, 2.45) is 7.05 Å². The Bertz CT molecular complexity index is 1370. The van der Waals surface area contributed by atoms with Crippen LogP contribution in [0.5, 0.6) is 11.5 Å². The Hall–Kier alpha value is -3.37. The molecule has 1 aliphatic rings. The van der Waals surface area contributed by atoms with Crippen molar-refractivity contribution in [3.63, 3.8) is 0 Å². The molecular weight excluding hydrogens is 478 g/mol. The molecule has 6 nitrogen and oxygen atoms in total. The molecular formula is C25H25F3N3O3P. The van der Waals surface area contributed by atoms with E-state index in [1.165, 1.54) is 24.3 Å². The van der Waals surface area contributed by atoms with Gasteiger partial charge in [0, 0.05) is 38.4 Å². The normalized spacial score (nSPS) is 15.6. The van der Waals surface area contributed by atoms with Crippen LogP contribution in [0.15, 0.2) is 47.3 Å². The average Bonchev–Trinajstić information content (AvgIpc) is 2.81. The van der Waals surface area contributed by atoms with E-state index in [9.17, 15) is 23.2 Å². The molecule has 1 fully saturated rings. The minimum atomic E-state index is -4.74. The van der Waals surface area contributed by atoms with Gasteiger partial charge in [-0.2, -0.15) is 5.26 Å². The van der Waals surface area contributed by atoms with Gasteiger partial charge in [-0.1, -0.05) is 32.0 Å². The smallest absolute Gasteiger partial charge is 0.490 e. The Morgan fingerprint density at radius 1 is 1.11 bits per heavy atom. The first-order valence-corrected chi connectivity index (χ1v) is 13.3. The Balaban J connectivity index is 1.56. The number of para-hydroxylation sites is 1. The van der Waals surface area contributed by atoms with Crippen LogP contribution in [0.2, 0.25) is 0 Å². The van der Waals surface area contributed by atoms with Crippen molar-refractivity contribution in [1.82, 2.24) is 4.57 Å². The zero-order valence-electron chi connectivity index (χ0n) is 19.4. The summed E-state index contributed by atoms with van der Waals surface area (Å²) < 4.78 is 48.5. The van der Waals surface area contributed by atoms with E-state index in [-0.39, 0.29) is 23.0 Å². The number of aromatic nitrogens is 1.